The molecule has 1 amide bonds. The molecule has 1 aliphatic heterocycles. The molecule has 1 N–H and O–H groups in total. The fraction of sp³-hybridized carbons (Fsp3) is 0.462. The van der Waals surface area contributed by atoms with E-state index in [1.54, 1.807) is 0 Å². The van der Waals surface area contributed by atoms with Crippen molar-refractivity contribution in [2.24, 2.45) is 0 Å². The molecular formula is C13H17ClN2O. The highest BCUT2D eigenvalue weighted by Gasteiger charge is 2.22. The minimum atomic E-state index is 0.0818. The van der Waals surface area contributed by atoms with E-state index in [9.17, 15) is 4.79 Å². The summed E-state index contributed by atoms with van der Waals surface area (Å²) in [5, 5.41) is 3.98. The second-order valence-electron chi connectivity index (χ2n) is 4.52. The van der Waals surface area contributed by atoms with E-state index in [0.717, 1.165) is 25.2 Å². The fourth-order valence-electron chi connectivity index (χ4n) is 2.13. The standard InChI is InChI=1S/C13H17ClN2O/c1-9-8-16(7-6-15-9)13(17)11-4-3-5-12(14)10(11)2/h3-5,9,15H,6-8H2,1-2H3/t9-/m1/s1. The lowest BCUT2D eigenvalue weighted by Crippen LogP contribution is -2.51. The second-order valence-corrected chi connectivity index (χ2v) is 4.93. The van der Waals surface area contributed by atoms with Crippen LogP contribution in [-0.2, 0) is 0 Å². The quantitative estimate of drug-likeness (QED) is 0.830. The number of rotatable bonds is 1. The number of benzene rings is 1. The first-order valence-electron chi connectivity index (χ1n) is 5.87. The molecule has 0 spiro atoms. The minimum Gasteiger partial charge on any atom is -0.336 e. The number of nitrogens with zero attached hydrogens (tertiary/aromatic N) is 1. The maximum absolute atomic E-state index is 12.4. The van der Waals surface area contributed by atoms with Crippen LogP contribution in [0.1, 0.15) is 22.8 Å². The van der Waals surface area contributed by atoms with E-state index < -0.39 is 0 Å². The van der Waals surface area contributed by atoms with Crippen molar-refractivity contribution in [2.45, 2.75) is 19.9 Å². The maximum Gasteiger partial charge on any atom is 0.254 e. The summed E-state index contributed by atoms with van der Waals surface area (Å²) in [5.41, 5.74) is 1.58. The van der Waals surface area contributed by atoms with Crippen molar-refractivity contribution >= 4 is 17.5 Å². The number of carbonyl (C=O) groups excluding carboxylic acids is 1. The van der Waals surface area contributed by atoms with Crippen molar-refractivity contribution in [3.8, 4) is 0 Å². The molecule has 1 heterocycles. The Hall–Kier alpha value is -1.06. The Kier molecular flexibility index (Phi) is 3.69. The SMILES string of the molecule is Cc1c(Cl)cccc1C(=O)N1CCN[C@H](C)C1. The van der Waals surface area contributed by atoms with Crippen LogP contribution in [0.3, 0.4) is 0 Å². The zero-order valence-corrected chi connectivity index (χ0v) is 10.9. The van der Waals surface area contributed by atoms with Gasteiger partial charge in [0.1, 0.15) is 0 Å². The van der Waals surface area contributed by atoms with Crippen molar-refractivity contribution in [1.82, 2.24) is 10.2 Å². The molecule has 0 saturated carbocycles. The lowest BCUT2D eigenvalue weighted by molar-refractivity contribution is 0.0708. The Bertz CT molecular complexity index is 433. The van der Waals surface area contributed by atoms with Gasteiger partial charge in [-0.2, -0.15) is 0 Å². The van der Waals surface area contributed by atoms with Gasteiger partial charge in [-0.1, -0.05) is 17.7 Å². The molecule has 1 aromatic carbocycles. The van der Waals surface area contributed by atoms with Crippen molar-refractivity contribution in [3.63, 3.8) is 0 Å². The van der Waals surface area contributed by atoms with Crippen LogP contribution in [0.4, 0.5) is 0 Å². The summed E-state index contributed by atoms with van der Waals surface area (Å²) < 4.78 is 0. The molecule has 1 saturated heterocycles. The first-order chi connectivity index (χ1) is 8.09. The average molecular weight is 253 g/mol. The van der Waals surface area contributed by atoms with Crippen LogP contribution >= 0.6 is 11.6 Å². The Labute approximate surface area is 107 Å². The molecule has 0 aliphatic carbocycles. The monoisotopic (exact) mass is 252 g/mol. The van der Waals surface area contributed by atoms with Gasteiger partial charge in [0.15, 0.2) is 0 Å². The van der Waals surface area contributed by atoms with E-state index in [1.807, 2.05) is 30.0 Å². The van der Waals surface area contributed by atoms with E-state index in [-0.39, 0.29) is 5.91 Å². The van der Waals surface area contributed by atoms with E-state index >= 15 is 0 Å². The molecule has 0 unspecified atom stereocenters. The zero-order chi connectivity index (χ0) is 12.4. The Morgan fingerprint density at radius 3 is 3.00 bits per heavy atom. The summed E-state index contributed by atoms with van der Waals surface area (Å²) in [5.74, 6) is 0.0818. The zero-order valence-electron chi connectivity index (χ0n) is 10.2. The van der Waals surface area contributed by atoms with Crippen LogP contribution in [-0.4, -0.2) is 36.5 Å². The molecule has 92 valence electrons. The highest BCUT2D eigenvalue weighted by Crippen LogP contribution is 2.20. The molecule has 1 fully saturated rings. The largest absolute Gasteiger partial charge is 0.336 e. The lowest BCUT2D eigenvalue weighted by atomic mass is 10.1. The van der Waals surface area contributed by atoms with Gasteiger partial charge in [-0.25, -0.2) is 0 Å². The van der Waals surface area contributed by atoms with Gasteiger partial charge in [0, 0.05) is 36.3 Å². The molecule has 0 aromatic heterocycles. The summed E-state index contributed by atoms with van der Waals surface area (Å²) in [6.45, 7) is 6.35. The number of hydrogen-bond donors (Lipinski definition) is 1. The molecule has 4 heteroatoms. The van der Waals surface area contributed by atoms with E-state index in [2.05, 4.69) is 12.2 Å². The van der Waals surface area contributed by atoms with E-state index in [4.69, 9.17) is 11.6 Å². The molecule has 1 atom stereocenters. The van der Waals surface area contributed by atoms with Gasteiger partial charge in [-0.3, -0.25) is 4.79 Å². The molecule has 0 radical (unpaired) electrons. The number of hydrogen-bond acceptors (Lipinski definition) is 2. The van der Waals surface area contributed by atoms with Crippen LogP contribution in [0.25, 0.3) is 0 Å². The van der Waals surface area contributed by atoms with Crippen LogP contribution in [0, 0.1) is 6.92 Å². The predicted octanol–water partition coefficient (Wildman–Crippen LogP) is 2.08. The van der Waals surface area contributed by atoms with Crippen LogP contribution < -0.4 is 5.32 Å². The van der Waals surface area contributed by atoms with Gasteiger partial charge >= 0.3 is 0 Å². The van der Waals surface area contributed by atoms with Gasteiger partial charge < -0.3 is 10.2 Å². The number of nitrogens with one attached hydrogen (secondary N) is 1. The summed E-state index contributed by atoms with van der Waals surface area (Å²) in [7, 11) is 0. The summed E-state index contributed by atoms with van der Waals surface area (Å²) >= 11 is 6.04. The van der Waals surface area contributed by atoms with Gasteiger partial charge in [0.2, 0.25) is 0 Å². The third-order valence-electron chi connectivity index (χ3n) is 3.15. The minimum absolute atomic E-state index is 0.0818. The van der Waals surface area contributed by atoms with Crippen molar-refractivity contribution in [2.75, 3.05) is 19.6 Å². The normalized spacial score (nSPS) is 20.4. The third kappa shape index (κ3) is 2.61. The molecule has 1 aromatic rings. The topological polar surface area (TPSA) is 32.3 Å². The number of piperazine rings is 1. The highest BCUT2D eigenvalue weighted by atomic mass is 35.5. The van der Waals surface area contributed by atoms with Crippen molar-refractivity contribution in [1.29, 1.82) is 0 Å². The Balaban J connectivity index is 2.22. The first kappa shape index (κ1) is 12.4. The highest BCUT2D eigenvalue weighted by molar-refractivity contribution is 6.31. The summed E-state index contributed by atoms with van der Waals surface area (Å²) in [6.07, 6.45) is 0. The molecule has 2 rings (SSSR count). The number of amides is 1. The smallest absolute Gasteiger partial charge is 0.254 e. The maximum atomic E-state index is 12.4. The molecule has 1 aliphatic rings. The van der Waals surface area contributed by atoms with E-state index in [1.165, 1.54) is 0 Å². The van der Waals surface area contributed by atoms with Gasteiger partial charge in [0.05, 0.1) is 0 Å². The van der Waals surface area contributed by atoms with Crippen LogP contribution in [0.15, 0.2) is 18.2 Å². The number of halogens is 1. The van der Waals surface area contributed by atoms with Crippen molar-refractivity contribution in [3.05, 3.63) is 34.3 Å². The third-order valence-corrected chi connectivity index (χ3v) is 3.56. The second kappa shape index (κ2) is 5.07. The molecular weight excluding hydrogens is 236 g/mol. The molecule has 3 nitrogen and oxygen atoms in total. The Morgan fingerprint density at radius 1 is 1.53 bits per heavy atom. The summed E-state index contributed by atoms with van der Waals surface area (Å²) in [4.78, 5) is 14.2. The van der Waals surface area contributed by atoms with Gasteiger partial charge in [0.25, 0.3) is 5.91 Å². The van der Waals surface area contributed by atoms with E-state index in [0.29, 0.717) is 16.6 Å². The van der Waals surface area contributed by atoms with Crippen molar-refractivity contribution < 1.29 is 4.79 Å². The first-order valence-corrected chi connectivity index (χ1v) is 6.25. The molecule has 17 heavy (non-hydrogen) atoms. The average Bonchev–Trinajstić information content (AvgIpc) is 2.32. The van der Waals surface area contributed by atoms with Gasteiger partial charge in [-0.05, 0) is 31.5 Å². The summed E-state index contributed by atoms with van der Waals surface area (Å²) in [6, 6.07) is 5.84. The fourth-order valence-corrected chi connectivity index (χ4v) is 2.30. The van der Waals surface area contributed by atoms with Gasteiger partial charge in [-0.15, -0.1) is 0 Å². The lowest BCUT2D eigenvalue weighted by Gasteiger charge is -2.32. The molecule has 0 bridgehead atoms. The predicted molar refractivity (Wildman–Crippen MR) is 69.6 cm³/mol. The number of carbonyl (C=O) groups is 1. The Morgan fingerprint density at radius 2 is 2.29 bits per heavy atom. The van der Waals surface area contributed by atoms with Crippen LogP contribution in [0.2, 0.25) is 5.02 Å². The van der Waals surface area contributed by atoms with Crippen LogP contribution in [0.5, 0.6) is 0 Å².